The van der Waals surface area contributed by atoms with Crippen LogP contribution in [0.25, 0.3) is 0 Å². The Hall–Kier alpha value is -1.86. The molecule has 0 radical (unpaired) electrons. The van der Waals surface area contributed by atoms with Gasteiger partial charge >= 0.3 is 0 Å². The van der Waals surface area contributed by atoms with Crippen LogP contribution in [0.1, 0.15) is 30.8 Å². The lowest BCUT2D eigenvalue weighted by atomic mass is 10.0. The molecular weight excluding hydrogens is 305 g/mol. The van der Waals surface area contributed by atoms with Crippen molar-refractivity contribution in [3.8, 4) is 0 Å². The van der Waals surface area contributed by atoms with Gasteiger partial charge in [-0.2, -0.15) is 0 Å². The van der Waals surface area contributed by atoms with Crippen molar-refractivity contribution in [3.05, 3.63) is 40.7 Å². The molecule has 2 aromatic rings. The fourth-order valence-corrected chi connectivity index (χ4v) is 2.56. The molecule has 1 aromatic heterocycles. The topological polar surface area (TPSA) is 75.1 Å². The van der Waals surface area contributed by atoms with Crippen molar-refractivity contribution < 1.29 is 14.3 Å². The zero-order valence-electron chi connectivity index (χ0n) is 12.4. The van der Waals surface area contributed by atoms with Gasteiger partial charge in [-0.3, -0.25) is 4.79 Å². The summed E-state index contributed by atoms with van der Waals surface area (Å²) >= 11 is 1.20. The van der Waals surface area contributed by atoms with Gasteiger partial charge in [0.05, 0.1) is 12.5 Å². The van der Waals surface area contributed by atoms with E-state index < -0.39 is 6.10 Å². The molecule has 5 nitrogen and oxygen atoms in total. The summed E-state index contributed by atoms with van der Waals surface area (Å²) < 4.78 is 13.6. The van der Waals surface area contributed by atoms with Gasteiger partial charge in [-0.25, -0.2) is 4.39 Å². The first-order chi connectivity index (χ1) is 10.5. The Labute approximate surface area is 132 Å². The third-order valence-corrected chi connectivity index (χ3v) is 4.02. The van der Waals surface area contributed by atoms with E-state index >= 15 is 0 Å². The smallest absolute Gasteiger partial charge is 0.228 e. The van der Waals surface area contributed by atoms with Gasteiger partial charge < -0.3 is 10.4 Å². The number of aliphatic hydroxyl groups is 1. The van der Waals surface area contributed by atoms with Crippen LogP contribution >= 0.6 is 11.3 Å². The Morgan fingerprint density at radius 3 is 2.77 bits per heavy atom. The molecule has 0 aliphatic carbocycles. The molecule has 2 rings (SSSR count). The number of hydrogen-bond acceptors (Lipinski definition) is 5. The van der Waals surface area contributed by atoms with Crippen molar-refractivity contribution in [3.63, 3.8) is 0 Å². The summed E-state index contributed by atoms with van der Waals surface area (Å²) in [6.45, 7) is 3.69. The number of nitrogens with zero attached hydrogens (tertiary/aromatic N) is 2. The third kappa shape index (κ3) is 4.57. The average Bonchev–Trinajstić information content (AvgIpc) is 2.88. The normalized spacial score (nSPS) is 12.4. The number of carbonyl (C=O) groups excluding carboxylic acids is 1. The van der Waals surface area contributed by atoms with Gasteiger partial charge in [-0.05, 0) is 17.5 Å². The summed E-state index contributed by atoms with van der Waals surface area (Å²) in [7, 11) is 0. The fourth-order valence-electron chi connectivity index (χ4n) is 1.78. The van der Waals surface area contributed by atoms with Crippen LogP contribution < -0.4 is 5.32 Å². The molecule has 0 fully saturated rings. The second kappa shape index (κ2) is 7.42. The molecule has 1 unspecified atom stereocenters. The van der Waals surface area contributed by atoms with E-state index in [0.29, 0.717) is 22.1 Å². The van der Waals surface area contributed by atoms with Gasteiger partial charge in [-0.15, -0.1) is 10.2 Å². The Morgan fingerprint density at radius 1 is 1.36 bits per heavy atom. The number of aromatic nitrogens is 2. The summed E-state index contributed by atoms with van der Waals surface area (Å²) in [4.78, 5) is 11.8. The van der Waals surface area contributed by atoms with Gasteiger partial charge in [-0.1, -0.05) is 43.4 Å². The second-order valence-corrected chi connectivity index (χ2v) is 6.39. The highest BCUT2D eigenvalue weighted by Gasteiger charge is 2.16. The lowest BCUT2D eigenvalue weighted by molar-refractivity contribution is -0.118. The summed E-state index contributed by atoms with van der Waals surface area (Å²) in [5.74, 6) is -0.588. The van der Waals surface area contributed by atoms with Gasteiger partial charge in [0.15, 0.2) is 0 Å². The van der Waals surface area contributed by atoms with Gasteiger partial charge in [0.1, 0.15) is 10.8 Å². The van der Waals surface area contributed by atoms with E-state index in [1.165, 1.54) is 17.4 Å². The highest BCUT2D eigenvalue weighted by atomic mass is 32.1. The summed E-state index contributed by atoms with van der Waals surface area (Å²) in [5.41, 5.74) is 0.534. The molecule has 2 N–H and O–H groups in total. The number of hydrogen-bond donors (Lipinski definition) is 2. The van der Waals surface area contributed by atoms with Gasteiger partial charge in [0.25, 0.3) is 0 Å². The van der Waals surface area contributed by atoms with Crippen molar-refractivity contribution in [1.82, 2.24) is 10.2 Å². The third-order valence-electron chi connectivity index (χ3n) is 3.18. The standard InChI is InChI=1S/C15H18FN3O2S/c1-9(2)12(20)8-13(21)17-15-19-18-14(22-15)7-10-5-3-4-6-11(10)16/h3-6,9,12,20H,7-8H2,1-2H3,(H,17,19,21). The molecule has 0 aliphatic heterocycles. The first-order valence-electron chi connectivity index (χ1n) is 6.99. The number of carbonyl (C=O) groups is 1. The molecule has 0 saturated heterocycles. The van der Waals surface area contributed by atoms with Crippen LogP contribution in [0.15, 0.2) is 24.3 Å². The highest BCUT2D eigenvalue weighted by molar-refractivity contribution is 7.15. The number of anilines is 1. The first kappa shape index (κ1) is 16.5. The predicted molar refractivity (Wildman–Crippen MR) is 83.2 cm³/mol. The molecular formula is C15H18FN3O2S. The van der Waals surface area contributed by atoms with E-state index in [2.05, 4.69) is 15.5 Å². The number of rotatable bonds is 6. The molecule has 22 heavy (non-hydrogen) atoms. The maximum Gasteiger partial charge on any atom is 0.228 e. The zero-order valence-corrected chi connectivity index (χ0v) is 13.2. The Bertz CT molecular complexity index is 645. The second-order valence-electron chi connectivity index (χ2n) is 5.33. The van der Waals surface area contributed by atoms with E-state index in [0.717, 1.165) is 0 Å². The molecule has 1 heterocycles. The number of nitrogens with one attached hydrogen (secondary N) is 1. The molecule has 1 aromatic carbocycles. The molecule has 0 saturated carbocycles. The van der Waals surface area contributed by atoms with Crippen LogP contribution in [-0.4, -0.2) is 27.3 Å². The fraction of sp³-hybridized carbons (Fsp3) is 0.400. The Balaban J connectivity index is 1.94. The van der Waals surface area contributed by atoms with Crippen LogP contribution in [-0.2, 0) is 11.2 Å². The van der Waals surface area contributed by atoms with Crippen LogP contribution in [0.4, 0.5) is 9.52 Å². The Morgan fingerprint density at radius 2 is 2.09 bits per heavy atom. The minimum atomic E-state index is -0.689. The van der Waals surface area contributed by atoms with Crippen LogP contribution in [0, 0.1) is 11.7 Å². The van der Waals surface area contributed by atoms with Crippen LogP contribution in [0.2, 0.25) is 0 Å². The van der Waals surface area contributed by atoms with Crippen molar-refractivity contribution in [2.24, 2.45) is 5.92 Å². The van der Waals surface area contributed by atoms with Crippen molar-refractivity contribution in [1.29, 1.82) is 0 Å². The Kier molecular flexibility index (Phi) is 5.57. The highest BCUT2D eigenvalue weighted by Crippen LogP contribution is 2.20. The SMILES string of the molecule is CC(C)C(O)CC(=O)Nc1nnc(Cc2ccccc2F)s1. The molecule has 0 spiro atoms. The summed E-state index contributed by atoms with van der Waals surface area (Å²) in [6, 6.07) is 6.47. The minimum Gasteiger partial charge on any atom is -0.392 e. The van der Waals surface area contributed by atoms with Gasteiger partial charge in [0.2, 0.25) is 11.0 Å². The van der Waals surface area contributed by atoms with Gasteiger partial charge in [0, 0.05) is 6.42 Å². The minimum absolute atomic E-state index is 0.0109. The molecule has 7 heteroatoms. The number of halogens is 1. The largest absolute Gasteiger partial charge is 0.392 e. The zero-order chi connectivity index (χ0) is 16.1. The lowest BCUT2D eigenvalue weighted by Gasteiger charge is -2.12. The van der Waals surface area contributed by atoms with E-state index in [4.69, 9.17) is 0 Å². The summed E-state index contributed by atoms with van der Waals surface area (Å²) in [5, 5.41) is 21.1. The van der Waals surface area contributed by atoms with Crippen molar-refractivity contribution >= 4 is 22.4 Å². The molecule has 1 amide bonds. The molecule has 1 atom stereocenters. The van der Waals surface area contributed by atoms with E-state index in [9.17, 15) is 14.3 Å². The van der Waals surface area contributed by atoms with Crippen molar-refractivity contribution in [2.45, 2.75) is 32.8 Å². The quantitative estimate of drug-likeness (QED) is 0.857. The van der Waals surface area contributed by atoms with E-state index in [1.807, 2.05) is 13.8 Å². The number of aliphatic hydroxyl groups excluding tert-OH is 1. The maximum atomic E-state index is 13.6. The van der Waals surface area contributed by atoms with Crippen molar-refractivity contribution in [2.75, 3.05) is 5.32 Å². The number of amides is 1. The predicted octanol–water partition coefficient (Wildman–Crippen LogP) is 2.61. The van der Waals surface area contributed by atoms with Crippen LogP contribution in [0.5, 0.6) is 0 Å². The lowest BCUT2D eigenvalue weighted by Crippen LogP contribution is -2.23. The first-order valence-corrected chi connectivity index (χ1v) is 7.81. The average molecular weight is 323 g/mol. The maximum absolute atomic E-state index is 13.6. The van der Waals surface area contributed by atoms with E-state index in [1.54, 1.807) is 18.2 Å². The molecule has 0 bridgehead atoms. The van der Waals surface area contributed by atoms with E-state index in [-0.39, 0.29) is 24.1 Å². The molecule has 0 aliphatic rings. The van der Waals surface area contributed by atoms with Crippen LogP contribution in [0.3, 0.4) is 0 Å². The molecule has 118 valence electrons. The summed E-state index contributed by atoms with van der Waals surface area (Å²) in [6.07, 6.45) is -0.347. The number of benzene rings is 1. The monoisotopic (exact) mass is 323 g/mol.